The molecule has 0 aliphatic rings. The first-order valence-electron chi connectivity index (χ1n) is 9.42. The summed E-state index contributed by atoms with van der Waals surface area (Å²) >= 11 is 0. The summed E-state index contributed by atoms with van der Waals surface area (Å²) < 4.78 is 5.76. The molecule has 2 nitrogen and oxygen atoms in total. The van der Waals surface area contributed by atoms with Gasteiger partial charge in [-0.05, 0) is 29.7 Å². The molecule has 0 aromatic heterocycles. The van der Waals surface area contributed by atoms with E-state index in [0.717, 1.165) is 16.7 Å². The summed E-state index contributed by atoms with van der Waals surface area (Å²) in [6, 6.07) is 27.9. The van der Waals surface area contributed by atoms with E-state index in [-0.39, 0.29) is 12.1 Å². The molecule has 0 aliphatic heterocycles. The first-order chi connectivity index (χ1) is 13.7. The number of hydrogen-bond acceptors (Lipinski definition) is 2. The van der Waals surface area contributed by atoms with Crippen LogP contribution in [0.15, 0.2) is 97.1 Å². The Balaban J connectivity index is 1.70. The molecular weight excluding hydrogens is 344 g/mol. The fourth-order valence-electron chi connectivity index (χ4n) is 2.83. The average molecular weight is 368 g/mol. The Morgan fingerprint density at radius 2 is 1.39 bits per heavy atom. The molecule has 0 amide bonds. The normalized spacial score (nSPS) is 12.3. The second-order valence-corrected chi connectivity index (χ2v) is 6.63. The van der Waals surface area contributed by atoms with Gasteiger partial charge in [0.05, 0.1) is 0 Å². The third kappa shape index (κ3) is 6.10. The minimum atomic E-state index is -0.345. The van der Waals surface area contributed by atoms with Gasteiger partial charge in [0.2, 0.25) is 0 Å². The van der Waals surface area contributed by atoms with E-state index in [2.05, 4.69) is 6.08 Å². The van der Waals surface area contributed by atoms with Gasteiger partial charge in [0.1, 0.15) is 6.10 Å². The van der Waals surface area contributed by atoms with Crippen LogP contribution in [0.1, 0.15) is 34.8 Å². The van der Waals surface area contributed by atoms with Crippen molar-refractivity contribution < 1.29 is 9.53 Å². The molecule has 0 heterocycles. The van der Waals surface area contributed by atoms with E-state index in [9.17, 15) is 4.79 Å². The Hall–Kier alpha value is -3.39. The van der Waals surface area contributed by atoms with E-state index < -0.39 is 0 Å². The largest absolute Gasteiger partial charge is 0.454 e. The molecule has 0 bridgehead atoms. The Morgan fingerprint density at radius 1 is 0.821 bits per heavy atom. The molecule has 3 rings (SSSR count). The fraction of sp³-hybridized carbons (Fsp3) is 0.115. The van der Waals surface area contributed by atoms with E-state index in [0.29, 0.717) is 6.42 Å². The van der Waals surface area contributed by atoms with E-state index in [1.807, 2.05) is 97.9 Å². The number of hydrogen-bond donors (Lipinski definition) is 0. The standard InChI is InChI=1S/C26H24O2/c1-21-15-18-24(19-16-21)25(14-8-13-22-9-4-2-5-10-22)28-26(27)20-17-23-11-6-3-7-12-23/h2-13,15-20,25H,14H2,1H3/b13-8+,20-17+. The maximum absolute atomic E-state index is 12.4. The lowest BCUT2D eigenvalue weighted by Crippen LogP contribution is -2.09. The highest BCUT2D eigenvalue weighted by molar-refractivity contribution is 5.87. The highest BCUT2D eigenvalue weighted by atomic mass is 16.5. The summed E-state index contributed by atoms with van der Waals surface area (Å²) in [5, 5.41) is 0. The molecule has 0 aliphatic carbocycles. The molecular formula is C26H24O2. The van der Waals surface area contributed by atoms with Crippen LogP contribution in [0.2, 0.25) is 0 Å². The molecule has 0 saturated heterocycles. The van der Waals surface area contributed by atoms with Gasteiger partial charge in [-0.15, -0.1) is 0 Å². The van der Waals surface area contributed by atoms with Crippen molar-refractivity contribution in [2.24, 2.45) is 0 Å². The number of carbonyl (C=O) groups excluding carboxylic acids is 1. The summed E-state index contributed by atoms with van der Waals surface area (Å²) in [6.45, 7) is 2.04. The molecule has 0 fully saturated rings. The lowest BCUT2D eigenvalue weighted by Gasteiger charge is -2.16. The van der Waals surface area contributed by atoms with Crippen LogP contribution >= 0.6 is 0 Å². The summed E-state index contributed by atoms with van der Waals surface area (Å²) in [4.78, 5) is 12.4. The van der Waals surface area contributed by atoms with Gasteiger partial charge in [0.15, 0.2) is 0 Å². The first kappa shape index (κ1) is 19.4. The van der Waals surface area contributed by atoms with Gasteiger partial charge in [0.25, 0.3) is 0 Å². The number of carbonyl (C=O) groups is 1. The predicted octanol–water partition coefficient (Wildman–Crippen LogP) is 6.40. The highest BCUT2D eigenvalue weighted by Crippen LogP contribution is 2.23. The van der Waals surface area contributed by atoms with Crippen LogP contribution in [0.25, 0.3) is 12.2 Å². The van der Waals surface area contributed by atoms with Gasteiger partial charge < -0.3 is 4.74 Å². The average Bonchev–Trinajstić information content (AvgIpc) is 2.74. The third-order valence-electron chi connectivity index (χ3n) is 4.38. The molecule has 2 heteroatoms. The van der Waals surface area contributed by atoms with Gasteiger partial charge in [0, 0.05) is 12.5 Å². The zero-order chi connectivity index (χ0) is 19.6. The van der Waals surface area contributed by atoms with Crippen molar-refractivity contribution in [1.29, 1.82) is 0 Å². The molecule has 3 aromatic rings. The second kappa shape index (κ2) is 10.1. The van der Waals surface area contributed by atoms with Crippen LogP contribution in [-0.4, -0.2) is 5.97 Å². The Labute approximate surface area is 166 Å². The molecule has 1 unspecified atom stereocenters. The Bertz CT molecular complexity index is 923. The zero-order valence-corrected chi connectivity index (χ0v) is 16.0. The van der Waals surface area contributed by atoms with Gasteiger partial charge >= 0.3 is 5.97 Å². The van der Waals surface area contributed by atoms with E-state index in [1.165, 1.54) is 11.6 Å². The minimum absolute atomic E-state index is 0.325. The smallest absolute Gasteiger partial charge is 0.331 e. The van der Waals surface area contributed by atoms with Crippen LogP contribution < -0.4 is 0 Å². The summed E-state index contributed by atoms with van der Waals surface area (Å²) in [5.41, 5.74) is 4.26. The first-order valence-corrected chi connectivity index (χ1v) is 9.42. The zero-order valence-electron chi connectivity index (χ0n) is 16.0. The molecule has 0 N–H and O–H groups in total. The molecule has 0 radical (unpaired) electrons. The van der Waals surface area contributed by atoms with Crippen LogP contribution in [0.3, 0.4) is 0 Å². The molecule has 0 spiro atoms. The van der Waals surface area contributed by atoms with Crippen molar-refractivity contribution in [1.82, 2.24) is 0 Å². The molecule has 1 atom stereocenters. The van der Waals surface area contributed by atoms with Crippen LogP contribution in [0, 0.1) is 6.92 Å². The Morgan fingerprint density at radius 3 is 2.00 bits per heavy atom. The number of esters is 1. The van der Waals surface area contributed by atoms with E-state index in [1.54, 1.807) is 6.08 Å². The maximum atomic E-state index is 12.4. The quantitative estimate of drug-likeness (QED) is 0.356. The van der Waals surface area contributed by atoms with Gasteiger partial charge in [-0.3, -0.25) is 0 Å². The van der Waals surface area contributed by atoms with Crippen LogP contribution in [0.5, 0.6) is 0 Å². The fourth-order valence-corrected chi connectivity index (χ4v) is 2.83. The molecule has 28 heavy (non-hydrogen) atoms. The van der Waals surface area contributed by atoms with Crippen LogP contribution in [0.4, 0.5) is 0 Å². The van der Waals surface area contributed by atoms with Crippen LogP contribution in [-0.2, 0) is 9.53 Å². The van der Waals surface area contributed by atoms with Gasteiger partial charge in [-0.2, -0.15) is 0 Å². The highest BCUT2D eigenvalue weighted by Gasteiger charge is 2.14. The summed E-state index contributed by atoms with van der Waals surface area (Å²) in [7, 11) is 0. The lowest BCUT2D eigenvalue weighted by atomic mass is 10.0. The second-order valence-electron chi connectivity index (χ2n) is 6.63. The van der Waals surface area contributed by atoms with Gasteiger partial charge in [-0.25, -0.2) is 4.79 Å². The van der Waals surface area contributed by atoms with Gasteiger partial charge in [-0.1, -0.05) is 103 Å². The number of benzene rings is 3. The molecule has 140 valence electrons. The summed E-state index contributed by atoms with van der Waals surface area (Å²) in [6.07, 6.45) is 7.64. The summed E-state index contributed by atoms with van der Waals surface area (Å²) in [5.74, 6) is -0.345. The van der Waals surface area contributed by atoms with Crippen molar-refractivity contribution in [3.05, 3.63) is 119 Å². The Kier molecular flexibility index (Phi) is 6.97. The number of aryl methyl sites for hydroxylation is 1. The molecule has 3 aromatic carbocycles. The minimum Gasteiger partial charge on any atom is -0.454 e. The third-order valence-corrected chi connectivity index (χ3v) is 4.38. The van der Waals surface area contributed by atoms with Crippen molar-refractivity contribution in [2.45, 2.75) is 19.4 Å². The van der Waals surface area contributed by atoms with Crippen molar-refractivity contribution in [2.75, 3.05) is 0 Å². The lowest BCUT2D eigenvalue weighted by molar-refractivity contribution is -0.143. The molecule has 0 saturated carbocycles. The van der Waals surface area contributed by atoms with E-state index >= 15 is 0 Å². The number of ether oxygens (including phenoxy) is 1. The van der Waals surface area contributed by atoms with E-state index in [4.69, 9.17) is 4.74 Å². The maximum Gasteiger partial charge on any atom is 0.331 e. The SMILES string of the molecule is Cc1ccc(C(C/C=C/c2ccccc2)OC(=O)/C=C/c2ccccc2)cc1. The van der Waals surface area contributed by atoms with Crippen molar-refractivity contribution >= 4 is 18.1 Å². The monoisotopic (exact) mass is 368 g/mol. The number of rotatable bonds is 7. The van der Waals surface area contributed by atoms with Crippen molar-refractivity contribution in [3.8, 4) is 0 Å². The van der Waals surface area contributed by atoms with Crippen molar-refractivity contribution in [3.63, 3.8) is 0 Å². The predicted molar refractivity (Wildman–Crippen MR) is 116 cm³/mol. The topological polar surface area (TPSA) is 26.3 Å².